The van der Waals surface area contributed by atoms with Gasteiger partial charge in [0.1, 0.15) is 5.69 Å². The van der Waals surface area contributed by atoms with E-state index in [0.717, 1.165) is 43.5 Å². The Kier molecular flexibility index (Phi) is 5.02. The lowest BCUT2D eigenvalue weighted by atomic mass is 10.0. The molecule has 0 saturated heterocycles. The lowest BCUT2D eigenvalue weighted by molar-refractivity contribution is -0.661. The molecule has 4 rings (SSSR count). The second-order valence-corrected chi connectivity index (χ2v) is 7.52. The summed E-state index contributed by atoms with van der Waals surface area (Å²) in [5, 5.41) is 11.8. The number of rotatable bonds is 5. The maximum Gasteiger partial charge on any atom is 0.271 e. The molecule has 0 radical (unpaired) electrons. The van der Waals surface area contributed by atoms with Crippen molar-refractivity contribution in [1.82, 2.24) is 0 Å². The van der Waals surface area contributed by atoms with E-state index in [4.69, 9.17) is 9.47 Å². The van der Waals surface area contributed by atoms with Gasteiger partial charge in [-0.1, -0.05) is 19.1 Å². The molecule has 2 aromatic rings. The lowest BCUT2D eigenvalue weighted by Crippen LogP contribution is -2.41. The molecule has 0 fully saturated rings. The van der Waals surface area contributed by atoms with Gasteiger partial charge in [0, 0.05) is 12.0 Å². The quantitative estimate of drug-likeness (QED) is 0.805. The van der Waals surface area contributed by atoms with Crippen molar-refractivity contribution in [3.63, 3.8) is 0 Å². The van der Waals surface area contributed by atoms with Gasteiger partial charge >= 0.3 is 0 Å². The van der Waals surface area contributed by atoms with E-state index in [9.17, 15) is 5.11 Å². The molecule has 0 bridgehead atoms. The maximum absolute atomic E-state index is 11.8. The first-order valence-electron chi connectivity index (χ1n) is 10.1. The fourth-order valence-electron chi connectivity index (χ4n) is 4.38. The summed E-state index contributed by atoms with van der Waals surface area (Å²) < 4.78 is 13.0. The average Bonchev–Trinajstić information content (AvgIpc) is 3.07. The third-order valence-corrected chi connectivity index (χ3v) is 5.98. The number of anilines is 1. The Labute approximate surface area is 166 Å². The molecule has 0 saturated carbocycles. The van der Waals surface area contributed by atoms with Gasteiger partial charge in [-0.2, -0.15) is 0 Å². The Morgan fingerprint density at radius 3 is 2.46 bits per heavy atom. The topological polar surface area (TPSA) is 44.9 Å². The highest BCUT2D eigenvalue weighted by atomic mass is 16.5. The highest BCUT2D eigenvalue weighted by Crippen LogP contribution is 2.39. The SMILES string of the molecule is CCc1ccc(N2CC(O)(c3ccc(OC)c(OC)c3)[N+]3=C2CCCC3)cc1. The van der Waals surface area contributed by atoms with Crippen LogP contribution in [0.15, 0.2) is 42.5 Å². The van der Waals surface area contributed by atoms with Crippen molar-refractivity contribution in [2.75, 3.05) is 32.2 Å². The number of hydrogen-bond acceptors (Lipinski definition) is 4. The molecule has 148 valence electrons. The molecule has 0 spiro atoms. The Morgan fingerprint density at radius 2 is 1.79 bits per heavy atom. The minimum Gasteiger partial charge on any atom is -0.493 e. The van der Waals surface area contributed by atoms with Crippen LogP contribution in [-0.4, -0.2) is 42.8 Å². The molecule has 1 atom stereocenters. The summed E-state index contributed by atoms with van der Waals surface area (Å²) in [6, 6.07) is 14.4. The van der Waals surface area contributed by atoms with Crippen molar-refractivity contribution >= 4 is 11.5 Å². The molecule has 0 amide bonds. The second-order valence-electron chi connectivity index (χ2n) is 7.52. The molecule has 2 aromatic carbocycles. The number of benzene rings is 2. The Balaban J connectivity index is 1.76. The summed E-state index contributed by atoms with van der Waals surface area (Å²) in [5.41, 5.74) is 2.20. The molecular weight excluding hydrogens is 352 g/mol. The monoisotopic (exact) mass is 381 g/mol. The predicted octanol–water partition coefficient (Wildman–Crippen LogP) is 3.53. The maximum atomic E-state index is 11.8. The third-order valence-electron chi connectivity index (χ3n) is 5.98. The van der Waals surface area contributed by atoms with Crippen LogP contribution in [0.3, 0.4) is 0 Å². The standard InChI is InChI=1S/C23H29N2O3/c1-4-17-8-11-19(12-9-17)24-16-23(26,25-14-6-5-7-22(24)25)18-10-13-20(27-2)21(15-18)28-3/h8-13,15,26H,4-7,14,16H2,1-3H3/q+1. The van der Waals surface area contributed by atoms with Gasteiger partial charge in [0.25, 0.3) is 11.6 Å². The largest absolute Gasteiger partial charge is 0.493 e. The van der Waals surface area contributed by atoms with Gasteiger partial charge in [0.05, 0.1) is 20.8 Å². The van der Waals surface area contributed by atoms with Gasteiger partial charge in [-0.15, -0.1) is 0 Å². The fraction of sp³-hybridized carbons (Fsp3) is 0.435. The number of nitrogens with zero attached hydrogens (tertiary/aromatic N) is 2. The van der Waals surface area contributed by atoms with E-state index < -0.39 is 5.72 Å². The van der Waals surface area contributed by atoms with Crippen molar-refractivity contribution < 1.29 is 19.2 Å². The summed E-state index contributed by atoms with van der Waals surface area (Å²) in [6.07, 6.45) is 4.24. The van der Waals surface area contributed by atoms with E-state index in [1.165, 1.54) is 11.4 Å². The molecule has 0 aliphatic carbocycles. The van der Waals surface area contributed by atoms with Crippen LogP contribution < -0.4 is 14.4 Å². The van der Waals surface area contributed by atoms with Gasteiger partial charge in [-0.25, -0.2) is 9.48 Å². The summed E-state index contributed by atoms with van der Waals surface area (Å²) in [4.78, 5) is 2.27. The first-order chi connectivity index (χ1) is 13.6. The molecule has 2 heterocycles. The van der Waals surface area contributed by atoms with E-state index in [0.29, 0.717) is 18.0 Å². The fourth-order valence-corrected chi connectivity index (χ4v) is 4.38. The summed E-state index contributed by atoms with van der Waals surface area (Å²) in [5.74, 6) is 2.51. The molecule has 2 aliphatic heterocycles. The van der Waals surface area contributed by atoms with Crippen LogP contribution in [0.1, 0.15) is 37.3 Å². The van der Waals surface area contributed by atoms with Crippen LogP contribution in [-0.2, 0) is 12.1 Å². The highest BCUT2D eigenvalue weighted by Gasteiger charge is 2.52. The summed E-state index contributed by atoms with van der Waals surface area (Å²) >= 11 is 0. The number of aliphatic hydroxyl groups is 1. The van der Waals surface area contributed by atoms with E-state index in [1.54, 1.807) is 14.2 Å². The molecular formula is C23H29N2O3+. The Bertz CT molecular complexity index is 891. The molecule has 0 aromatic heterocycles. The number of methoxy groups -OCH3 is 2. The number of β-amino-alcohol motifs (C(OH)–C–C–N with tert-alkyl or cyclic N) is 1. The molecule has 1 N–H and O–H groups in total. The molecule has 28 heavy (non-hydrogen) atoms. The van der Waals surface area contributed by atoms with Gasteiger partial charge in [-0.3, -0.25) is 0 Å². The molecule has 5 nitrogen and oxygen atoms in total. The zero-order valence-corrected chi connectivity index (χ0v) is 16.9. The second kappa shape index (κ2) is 7.47. The van der Waals surface area contributed by atoms with Crippen LogP contribution >= 0.6 is 0 Å². The summed E-state index contributed by atoms with van der Waals surface area (Å²) in [7, 11) is 3.25. The van der Waals surface area contributed by atoms with Crippen molar-refractivity contribution in [3.05, 3.63) is 53.6 Å². The van der Waals surface area contributed by atoms with Crippen LogP contribution in [0.5, 0.6) is 11.5 Å². The van der Waals surface area contributed by atoms with Crippen LogP contribution in [0.25, 0.3) is 0 Å². The van der Waals surface area contributed by atoms with Crippen molar-refractivity contribution in [1.29, 1.82) is 0 Å². The molecule has 1 unspecified atom stereocenters. The van der Waals surface area contributed by atoms with E-state index >= 15 is 0 Å². The Hall–Kier alpha value is -2.53. The van der Waals surface area contributed by atoms with E-state index in [1.807, 2.05) is 18.2 Å². The van der Waals surface area contributed by atoms with Crippen molar-refractivity contribution in [3.8, 4) is 11.5 Å². The van der Waals surface area contributed by atoms with Crippen LogP contribution in [0.2, 0.25) is 0 Å². The summed E-state index contributed by atoms with van der Waals surface area (Å²) in [6.45, 7) is 3.52. The van der Waals surface area contributed by atoms with Gasteiger partial charge in [0.15, 0.2) is 18.0 Å². The smallest absolute Gasteiger partial charge is 0.271 e. The zero-order chi connectivity index (χ0) is 19.7. The number of hydrogen-bond donors (Lipinski definition) is 1. The van der Waals surface area contributed by atoms with Crippen molar-refractivity contribution in [2.24, 2.45) is 0 Å². The number of amidine groups is 1. The highest BCUT2D eigenvalue weighted by molar-refractivity contribution is 5.96. The number of aryl methyl sites for hydroxylation is 1. The number of ether oxygens (including phenoxy) is 2. The average molecular weight is 381 g/mol. The van der Waals surface area contributed by atoms with Gasteiger partial charge in [-0.05, 0) is 55.2 Å². The third kappa shape index (κ3) is 3.04. The molecule has 5 heteroatoms. The minimum atomic E-state index is -1.08. The lowest BCUT2D eigenvalue weighted by Gasteiger charge is -2.25. The van der Waals surface area contributed by atoms with E-state index in [-0.39, 0.29) is 0 Å². The van der Waals surface area contributed by atoms with Crippen LogP contribution in [0, 0.1) is 0 Å². The minimum absolute atomic E-state index is 0.503. The predicted molar refractivity (Wildman–Crippen MR) is 111 cm³/mol. The van der Waals surface area contributed by atoms with Crippen LogP contribution in [0.4, 0.5) is 5.69 Å². The first kappa shape index (κ1) is 18.8. The first-order valence-corrected chi connectivity index (χ1v) is 10.1. The van der Waals surface area contributed by atoms with Gasteiger partial charge < -0.3 is 14.6 Å². The Morgan fingerprint density at radius 1 is 1.04 bits per heavy atom. The van der Waals surface area contributed by atoms with Gasteiger partial charge in [0.2, 0.25) is 0 Å². The normalized spacial score (nSPS) is 21.6. The molecule has 2 aliphatic rings. The van der Waals surface area contributed by atoms with Crippen molar-refractivity contribution in [2.45, 2.75) is 38.3 Å². The van der Waals surface area contributed by atoms with E-state index in [2.05, 4.69) is 40.7 Å². The zero-order valence-electron chi connectivity index (χ0n) is 16.9.